The highest BCUT2D eigenvalue weighted by molar-refractivity contribution is 5.71. The zero-order valence-electron chi connectivity index (χ0n) is 7.90. The van der Waals surface area contributed by atoms with Gasteiger partial charge in [0.15, 0.2) is 6.29 Å². The van der Waals surface area contributed by atoms with E-state index in [1.807, 2.05) is 14.1 Å². The molecule has 0 aliphatic carbocycles. The van der Waals surface area contributed by atoms with Crippen molar-refractivity contribution >= 4 is 6.29 Å². The molecule has 1 rings (SSSR count). The number of hydrogen-bond donors (Lipinski definition) is 0. The Balaban J connectivity index is 2.61. The third-order valence-corrected chi connectivity index (χ3v) is 1.63. The van der Waals surface area contributed by atoms with E-state index in [4.69, 9.17) is 0 Å². The van der Waals surface area contributed by atoms with E-state index in [2.05, 4.69) is 14.9 Å². The Bertz CT molecular complexity index is 286. The van der Waals surface area contributed by atoms with Gasteiger partial charge in [-0.25, -0.2) is 9.97 Å². The molecule has 0 saturated carbocycles. The topological polar surface area (TPSA) is 46.1 Å². The lowest BCUT2D eigenvalue weighted by molar-refractivity contribution is 0.111. The first-order valence-corrected chi connectivity index (χ1v) is 4.14. The summed E-state index contributed by atoms with van der Waals surface area (Å²) in [6.07, 6.45) is 3.12. The van der Waals surface area contributed by atoms with Gasteiger partial charge in [0.1, 0.15) is 11.5 Å². The molecule has 1 heterocycles. The molecule has 4 heteroatoms. The van der Waals surface area contributed by atoms with Crippen LogP contribution >= 0.6 is 0 Å². The summed E-state index contributed by atoms with van der Waals surface area (Å²) in [7, 11) is 3.98. The van der Waals surface area contributed by atoms with E-state index < -0.39 is 0 Å². The summed E-state index contributed by atoms with van der Waals surface area (Å²) in [5.41, 5.74) is 0.448. The summed E-state index contributed by atoms with van der Waals surface area (Å²) in [6, 6.07) is 1.60. The van der Waals surface area contributed by atoms with Crippen LogP contribution in [0.25, 0.3) is 0 Å². The Hall–Kier alpha value is -1.29. The highest BCUT2D eigenvalue weighted by atomic mass is 16.1. The summed E-state index contributed by atoms with van der Waals surface area (Å²) < 4.78 is 0. The van der Waals surface area contributed by atoms with Gasteiger partial charge < -0.3 is 4.90 Å². The van der Waals surface area contributed by atoms with Gasteiger partial charge in [-0.15, -0.1) is 0 Å². The van der Waals surface area contributed by atoms with Crippen LogP contribution in [0.15, 0.2) is 12.3 Å². The van der Waals surface area contributed by atoms with Crippen molar-refractivity contribution < 1.29 is 4.79 Å². The summed E-state index contributed by atoms with van der Waals surface area (Å²) in [5.74, 6) is 0.721. The van der Waals surface area contributed by atoms with Crippen LogP contribution < -0.4 is 0 Å². The molecule has 1 aromatic heterocycles. The smallest absolute Gasteiger partial charge is 0.168 e. The van der Waals surface area contributed by atoms with Gasteiger partial charge in [0, 0.05) is 19.2 Å². The minimum Gasteiger partial charge on any atom is -0.309 e. The molecular weight excluding hydrogens is 166 g/mol. The molecule has 70 valence electrons. The normalized spacial score (nSPS) is 10.4. The number of hydrogen-bond acceptors (Lipinski definition) is 4. The van der Waals surface area contributed by atoms with Crippen molar-refractivity contribution in [2.45, 2.75) is 6.42 Å². The highest BCUT2D eigenvalue weighted by Crippen LogP contribution is 1.94. The Morgan fingerprint density at radius 1 is 1.54 bits per heavy atom. The first kappa shape index (κ1) is 9.80. The molecule has 0 bridgehead atoms. The van der Waals surface area contributed by atoms with E-state index in [1.54, 1.807) is 12.3 Å². The minimum atomic E-state index is 0.448. The van der Waals surface area contributed by atoms with Crippen molar-refractivity contribution in [3.63, 3.8) is 0 Å². The number of carbonyl (C=O) groups is 1. The fraction of sp³-hybridized carbons (Fsp3) is 0.444. The lowest BCUT2D eigenvalue weighted by Crippen LogP contribution is -2.16. The van der Waals surface area contributed by atoms with Gasteiger partial charge in [0.25, 0.3) is 0 Å². The Morgan fingerprint density at radius 3 is 2.92 bits per heavy atom. The van der Waals surface area contributed by atoms with Crippen LogP contribution in [0.3, 0.4) is 0 Å². The van der Waals surface area contributed by atoms with Gasteiger partial charge in [-0.2, -0.15) is 0 Å². The zero-order chi connectivity index (χ0) is 9.68. The molecule has 0 aromatic carbocycles. The van der Waals surface area contributed by atoms with Gasteiger partial charge in [-0.1, -0.05) is 0 Å². The molecular formula is C9H13N3O. The molecule has 0 saturated heterocycles. The van der Waals surface area contributed by atoms with Crippen LogP contribution in [-0.4, -0.2) is 41.8 Å². The third kappa shape index (κ3) is 3.29. The summed E-state index contributed by atoms with van der Waals surface area (Å²) in [6.45, 7) is 0.891. The van der Waals surface area contributed by atoms with E-state index in [9.17, 15) is 4.79 Å². The number of aldehydes is 1. The average Bonchev–Trinajstić information content (AvgIpc) is 2.15. The van der Waals surface area contributed by atoms with Crippen LogP contribution in [0.5, 0.6) is 0 Å². The predicted molar refractivity (Wildman–Crippen MR) is 49.7 cm³/mol. The molecule has 0 fully saturated rings. The van der Waals surface area contributed by atoms with Crippen molar-refractivity contribution in [1.82, 2.24) is 14.9 Å². The summed E-state index contributed by atoms with van der Waals surface area (Å²) >= 11 is 0. The monoisotopic (exact) mass is 179 g/mol. The molecule has 0 radical (unpaired) electrons. The van der Waals surface area contributed by atoms with E-state index >= 15 is 0 Å². The molecule has 4 nitrogen and oxygen atoms in total. The van der Waals surface area contributed by atoms with E-state index in [0.29, 0.717) is 5.69 Å². The van der Waals surface area contributed by atoms with E-state index in [0.717, 1.165) is 25.1 Å². The number of carbonyl (C=O) groups excluding carboxylic acids is 1. The zero-order valence-corrected chi connectivity index (χ0v) is 7.90. The minimum absolute atomic E-state index is 0.448. The predicted octanol–water partition coefficient (Wildman–Crippen LogP) is 0.393. The van der Waals surface area contributed by atoms with Gasteiger partial charge in [-0.3, -0.25) is 4.79 Å². The largest absolute Gasteiger partial charge is 0.309 e. The Labute approximate surface area is 77.6 Å². The molecule has 0 aliphatic rings. The number of likely N-dealkylation sites (N-methyl/N-ethyl adjacent to an activating group) is 1. The average molecular weight is 179 g/mol. The molecule has 0 amide bonds. The Morgan fingerprint density at radius 2 is 2.31 bits per heavy atom. The van der Waals surface area contributed by atoms with Gasteiger partial charge in [0.2, 0.25) is 0 Å². The molecule has 0 aliphatic heterocycles. The number of aromatic nitrogens is 2. The fourth-order valence-electron chi connectivity index (χ4n) is 0.925. The van der Waals surface area contributed by atoms with Crippen molar-refractivity contribution in [2.24, 2.45) is 0 Å². The lowest BCUT2D eigenvalue weighted by Gasteiger charge is -2.07. The highest BCUT2D eigenvalue weighted by Gasteiger charge is 1.98. The van der Waals surface area contributed by atoms with Gasteiger partial charge >= 0.3 is 0 Å². The lowest BCUT2D eigenvalue weighted by atomic mass is 10.3. The van der Waals surface area contributed by atoms with Crippen LogP contribution in [0.1, 0.15) is 16.3 Å². The molecule has 0 atom stereocenters. The molecule has 0 spiro atoms. The van der Waals surface area contributed by atoms with Crippen molar-refractivity contribution in [3.05, 3.63) is 23.8 Å². The third-order valence-electron chi connectivity index (χ3n) is 1.63. The van der Waals surface area contributed by atoms with Gasteiger partial charge in [-0.05, 0) is 20.2 Å². The maximum atomic E-state index is 10.4. The maximum Gasteiger partial charge on any atom is 0.168 e. The Kier molecular flexibility index (Phi) is 3.52. The SMILES string of the molecule is CN(C)CCc1nccc(C=O)n1. The van der Waals surface area contributed by atoms with Crippen molar-refractivity contribution in [3.8, 4) is 0 Å². The molecule has 0 N–H and O–H groups in total. The second-order valence-corrected chi connectivity index (χ2v) is 3.07. The summed E-state index contributed by atoms with van der Waals surface area (Å²) in [4.78, 5) is 20.6. The van der Waals surface area contributed by atoms with Crippen LogP contribution in [0.4, 0.5) is 0 Å². The van der Waals surface area contributed by atoms with Crippen LogP contribution in [0, 0.1) is 0 Å². The molecule has 0 unspecified atom stereocenters. The number of rotatable bonds is 4. The van der Waals surface area contributed by atoms with E-state index in [1.165, 1.54) is 0 Å². The summed E-state index contributed by atoms with van der Waals surface area (Å²) in [5, 5.41) is 0. The maximum absolute atomic E-state index is 10.4. The quantitative estimate of drug-likeness (QED) is 0.627. The number of nitrogens with zero attached hydrogens (tertiary/aromatic N) is 3. The van der Waals surface area contributed by atoms with Crippen LogP contribution in [0.2, 0.25) is 0 Å². The standard InChI is InChI=1S/C9H13N3O/c1-12(2)6-4-9-10-5-3-8(7-13)11-9/h3,5,7H,4,6H2,1-2H3. The van der Waals surface area contributed by atoms with Crippen molar-refractivity contribution in [2.75, 3.05) is 20.6 Å². The second-order valence-electron chi connectivity index (χ2n) is 3.07. The van der Waals surface area contributed by atoms with Gasteiger partial charge in [0.05, 0.1) is 0 Å². The first-order valence-electron chi connectivity index (χ1n) is 4.14. The molecule has 1 aromatic rings. The fourth-order valence-corrected chi connectivity index (χ4v) is 0.925. The van der Waals surface area contributed by atoms with Crippen molar-refractivity contribution in [1.29, 1.82) is 0 Å². The van der Waals surface area contributed by atoms with Crippen LogP contribution in [-0.2, 0) is 6.42 Å². The first-order chi connectivity index (χ1) is 6.22. The second kappa shape index (κ2) is 4.67. The van der Waals surface area contributed by atoms with E-state index in [-0.39, 0.29) is 0 Å². The molecule has 13 heavy (non-hydrogen) atoms.